The summed E-state index contributed by atoms with van der Waals surface area (Å²) in [5.74, 6) is 0.00796. The number of hydrogen-bond donors (Lipinski definition) is 1. The topological polar surface area (TPSA) is 46.3 Å². The maximum Gasteiger partial charge on any atom is 0.260 e. The second-order valence-electron chi connectivity index (χ2n) is 5.11. The van der Waals surface area contributed by atoms with E-state index in [0.717, 1.165) is 24.1 Å². The Morgan fingerprint density at radius 2 is 1.90 bits per heavy atom. The molecule has 0 saturated carbocycles. The van der Waals surface area contributed by atoms with Crippen LogP contribution < -0.4 is 10.6 Å². The van der Waals surface area contributed by atoms with Crippen LogP contribution in [0.2, 0.25) is 0 Å². The molecule has 0 spiro atoms. The Morgan fingerprint density at radius 1 is 1.15 bits per heavy atom. The van der Waals surface area contributed by atoms with E-state index in [1.165, 1.54) is 5.56 Å². The Balaban J connectivity index is 1.97. The number of nitrogens with two attached hydrogens (primary N) is 1. The highest BCUT2D eigenvalue weighted by Gasteiger charge is 2.27. The van der Waals surface area contributed by atoms with Gasteiger partial charge in [0.15, 0.2) is 0 Å². The van der Waals surface area contributed by atoms with Crippen molar-refractivity contribution in [2.24, 2.45) is 0 Å². The fourth-order valence-electron chi connectivity index (χ4n) is 2.72. The summed E-state index contributed by atoms with van der Waals surface area (Å²) in [6, 6.07) is 13.9. The molecule has 20 heavy (non-hydrogen) atoms. The maximum atomic E-state index is 12.6. The molecule has 0 fully saturated rings. The number of amides is 1. The van der Waals surface area contributed by atoms with Gasteiger partial charge < -0.3 is 10.6 Å². The van der Waals surface area contributed by atoms with Crippen molar-refractivity contribution < 1.29 is 4.79 Å². The fraction of sp³-hybridized carbons (Fsp3) is 0.235. The van der Waals surface area contributed by atoms with E-state index in [1.807, 2.05) is 29.2 Å². The van der Waals surface area contributed by atoms with Crippen LogP contribution in [0.15, 0.2) is 42.5 Å². The number of nitrogen functional groups attached to an aromatic ring is 1. The highest BCUT2D eigenvalue weighted by atomic mass is 16.2. The van der Waals surface area contributed by atoms with Crippen molar-refractivity contribution in [1.29, 1.82) is 0 Å². The summed E-state index contributed by atoms with van der Waals surface area (Å²) >= 11 is 0. The minimum atomic E-state index is 0.00796. The van der Waals surface area contributed by atoms with Gasteiger partial charge in [-0.1, -0.05) is 31.2 Å². The molecule has 1 amide bonds. The van der Waals surface area contributed by atoms with Crippen molar-refractivity contribution >= 4 is 17.3 Å². The van der Waals surface area contributed by atoms with Gasteiger partial charge in [-0.05, 0) is 42.2 Å². The van der Waals surface area contributed by atoms with Crippen molar-refractivity contribution in [2.75, 3.05) is 17.2 Å². The van der Waals surface area contributed by atoms with Gasteiger partial charge in [-0.3, -0.25) is 4.79 Å². The number of rotatable bonds is 2. The van der Waals surface area contributed by atoms with Crippen LogP contribution in [0.1, 0.15) is 28.4 Å². The van der Waals surface area contributed by atoms with Crippen LogP contribution in [-0.2, 0) is 12.8 Å². The number of fused-ring (bicyclic) bond motifs is 1. The molecule has 2 N–H and O–H groups in total. The minimum Gasteiger partial charge on any atom is -0.398 e. The maximum absolute atomic E-state index is 12.6. The Kier molecular flexibility index (Phi) is 3.18. The molecule has 0 unspecified atom stereocenters. The van der Waals surface area contributed by atoms with Crippen LogP contribution in [0.3, 0.4) is 0 Å². The second kappa shape index (κ2) is 5.00. The van der Waals surface area contributed by atoms with Crippen molar-refractivity contribution in [3.8, 4) is 0 Å². The lowest BCUT2D eigenvalue weighted by Gasteiger charge is -2.29. The first kappa shape index (κ1) is 12.7. The molecule has 1 aliphatic rings. The number of benzene rings is 2. The van der Waals surface area contributed by atoms with Crippen molar-refractivity contribution in [3.63, 3.8) is 0 Å². The molecule has 1 aliphatic heterocycles. The van der Waals surface area contributed by atoms with E-state index in [1.54, 1.807) is 6.07 Å². The van der Waals surface area contributed by atoms with Crippen molar-refractivity contribution in [2.45, 2.75) is 19.8 Å². The van der Waals surface area contributed by atoms with Gasteiger partial charge in [-0.2, -0.15) is 0 Å². The van der Waals surface area contributed by atoms with Crippen LogP contribution in [0.25, 0.3) is 0 Å². The minimum absolute atomic E-state index is 0.00796. The molecule has 0 saturated heterocycles. The molecule has 0 aromatic heterocycles. The molecule has 0 radical (unpaired) electrons. The summed E-state index contributed by atoms with van der Waals surface area (Å²) < 4.78 is 0. The molecule has 0 bridgehead atoms. The predicted molar refractivity (Wildman–Crippen MR) is 82.1 cm³/mol. The van der Waals surface area contributed by atoms with E-state index in [4.69, 9.17) is 5.73 Å². The second-order valence-corrected chi connectivity index (χ2v) is 5.11. The van der Waals surface area contributed by atoms with Gasteiger partial charge in [-0.25, -0.2) is 0 Å². The first-order valence-electron chi connectivity index (χ1n) is 6.99. The Morgan fingerprint density at radius 3 is 2.60 bits per heavy atom. The number of anilines is 2. The summed E-state index contributed by atoms with van der Waals surface area (Å²) in [6.45, 7) is 2.83. The van der Waals surface area contributed by atoms with E-state index in [2.05, 4.69) is 19.1 Å². The van der Waals surface area contributed by atoms with E-state index >= 15 is 0 Å². The third-order valence-electron chi connectivity index (χ3n) is 3.90. The first-order chi connectivity index (χ1) is 9.70. The Bertz CT molecular complexity index is 647. The number of carbonyl (C=O) groups is 1. The van der Waals surface area contributed by atoms with E-state index in [9.17, 15) is 4.79 Å². The molecule has 3 heteroatoms. The smallest absolute Gasteiger partial charge is 0.260 e. The highest BCUT2D eigenvalue weighted by molar-refractivity contribution is 6.11. The van der Waals surface area contributed by atoms with Gasteiger partial charge in [-0.15, -0.1) is 0 Å². The number of carbonyl (C=O) groups excluding carboxylic acids is 1. The van der Waals surface area contributed by atoms with E-state index in [0.29, 0.717) is 17.8 Å². The molecule has 0 aliphatic carbocycles. The Labute approximate surface area is 119 Å². The van der Waals surface area contributed by atoms with Gasteiger partial charge >= 0.3 is 0 Å². The zero-order chi connectivity index (χ0) is 14.1. The third kappa shape index (κ3) is 2.05. The molecule has 3 rings (SSSR count). The standard InChI is InChI=1S/C17H18N2O/c1-2-12-6-8-14(9-7-12)19-11-10-13-4-3-5-15(18)16(13)17(19)20/h3-9H,2,10-11,18H2,1H3. The van der Waals surface area contributed by atoms with Gasteiger partial charge in [0, 0.05) is 17.9 Å². The van der Waals surface area contributed by atoms with Gasteiger partial charge in [0.2, 0.25) is 0 Å². The van der Waals surface area contributed by atoms with Crippen molar-refractivity contribution in [1.82, 2.24) is 0 Å². The van der Waals surface area contributed by atoms with Crippen LogP contribution in [-0.4, -0.2) is 12.5 Å². The molecule has 2 aromatic rings. The molecule has 3 nitrogen and oxygen atoms in total. The average Bonchev–Trinajstić information content (AvgIpc) is 2.48. The van der Waals surface area contributed by atoms with E-state index < -0.39 is 0 Å². The van der Waals surface area contributed by atoms with Crippen LogP contribution in [0, 0.1) is 0 Å². The zero-order valence-corrected chi connectivity index (χ0v) is 11.6. The first-order valence-corrected chi connectivity index (χ1v) is 6.99. The summed E-state index contributed by atoms with van der Waals surface area (Å²) in [4.78, 5) is 14.5. The van der Waals surface area contributed by atoms with E-state index in [-0.39, 0.29) is 5.91 Å². The lowest BCUT2D eigenvalue weighted by molar-refractivity contribution is 0.0981. The lowest BCUT2D eigenvalue weighted by atomic mass is 9.97. The monoisotopic (exact) mass is 266 g/mol. The Hall–Kier alpha value is -2.29. The van der Waals surface area contributed by atoms with Crippen LogP contribution >= 0.6 is 0 Å². The normalized spacial score (nSPS) is 14.2. The molecule has 1 heterocycles. The summed E-state index contributed by atoms with van der Waals surface area (Å²) in [5.41, 5.74) is 10.5. The molecular formula is C17H18N2O. The SMILES string of the molecule is CCc1ccc(N2CCc3cccc(N)c3C2=O)cc1. The number of nitrogens with zero attached hydrogens (tertiary/aromatic N) is 1. The van der Waals surface area contributed by atoms with Gasteiger partial charge in [0.05, 0.1) is 5.56 Å². The summed E-state index contributed by atoms with van der Waals surface area (Å²) in [6.07, 6.45) is 1.85. The molecule has 102 valence electrons. The average molecular weight is 266 g/mol. The fourth-order valence-corrected chi connectivity index (χ4v) is 2.72. The lowest BCUT2D eigenvalue weighted by Crippen LogP contribution is -2.38. The van der Waals surface area contributed by atoms with Gasteiger partial charge in [0.1, 0.15) is 0 Å². The quantitative estimate of drug-likeness (QED) is 0.849. The molecular weight excluding hydrogens is 248 g/mol. The summed E-state index contributed by atoms with van der Waals surface area (Å²) in [5, 5.41) is 0. The predicted octanol–water partition coefficient (Wildman–Crippen LogP) is 3.03. The highest BCUT2D eigenvalue weighted by Crippen LogP contribution is 2.28. The van der Waals surface area contributed by atoms with Crippen molar-refractivity contribution in [3.05, 3.63) is 59.2 Å². The molecule has 0 atom stereocenters. The summed E-state index contributed by atoms with van der Waals surface area (Å²) in [7, 11) is 0. The van der Waals surface area contributed by atoms with Crippen LogP contribution in [0.5, 0.6) is 0 Å². The van der Waals surface area contributed by atoms with Gasteiger partial charge in [0.25, 0.3) is 5.91 Å². The zero-order valence-electron chi connectivity index (χ0n) is 11.6. The van der Waals surface area contributed by atoms with Crippen LogP contribution in [0.4, 0.5) is 11.4 Å². The third-order valence-corrected chi connectivity index (χ3v) is 3.90. The number of hydrogen-bond acceptors (Lipinski definition) is 2. The molecule has 2 aromatic carbocycles. The number of aryl methyl sites for hydroxylation is 1. The largest absolute Gasteiger partial charge is 0.398 e.